The van der Waals surface area contributed by atoms with Gasteiger partial charge in [0.1, 0.15) is 5.82 Å². The number of nitrogens with zero attached hydrogens (tertiary/aromatic N) is 2. The molecule has 0 fully saturated rings. The van der Waals surface area contributed by atoms with Gasteiger partial charge < -0.3 is 14.4 Å². The minimum absolute atomic E-state index is 0.376. The van der Waals surface area contributed by atoms with Crippen molar-refractivity contribution in [3.8, 4) is 0 Å². The summed E-state index contributed by atoms with van der Waals surface area (Å²) in [6, 6.07) is 8.07. The number of ether oxygens (including phenoxy) is 1. The fraction of sp³-hybridized carbons (Fsp3) is 0.533. The van der Waals surface area contributed by atoms with Crippen LogP contribution in [0.25, 0.3) is 11.0 Å². The van der Waals surface area contributed by atoms with Crippen molar-refractivity contribution in [3.63, 3.8) is 0 Å². The van der Waals surface area contributed by atoms with Gasteiger partial charge in [0.25, 0.3) is 0 Å². The van der Waals surface area contributed by atoms with Crippen LogP contribution in [0.5, 0.6) is 0 Å². The number of aromatic nitrogens is 2. The third kappa shape index (κ3) is 3.33. The average Bonchev–Trinajstić information content (AvgIpc) is 2.76. The van der Waals surface area contributed by atoms with Gasteiger partial charge in [-0.05, 0) is 25.5 Å². The molecule has 2 aromatic rings. The SMILES string of the molecule is CCCOCC(O)Cc1nc2ccccc2n1CC. The summed E-state index contributed by atoms with van der Waals surface area (Å²) in [4.78, 5) is 4.60. The van der Waals surface area contributed by atoms with Crippen LogP contribution in [0.4, 0.5) is 0 Å². The molecule has 0 bridgehead atoms. The summed E-state index contributed by atoms with van der Waals surface area (Å²) in [5, 5.41) is 10.00. The Kier molecular flexibility index (Phi) is 4.93. The van der Waals surface area contributed by atoms with E-state index in [1.807, 2.05) is 18.2 Å². The van der Waals surface area contributed by atoms with Crippen LogP contribution >= 0.6 is 0 Å². The summed E-state index contributed by atoms with van der Waals surface area (Å²) in [7, 11) is 0. The van der Waals surface area contributed by atoms with E-state index in [0.29, 0.717) is 19.6 Å². The molecule has 1 N–H and O–H groups in total. The van der Waals surface area contributed by atoms with E-state index in [-0.39, 0.29) is 0 Å². The molecule has 1 atom stereocenters. The maximum atomic E-state index is 10.00. The van der Waals surface area contributed by atoms with Crippen molar-refractivity contribution >= 4 is 11.0 Å². The van der Waals surface area contributed by atoms with Gasteiger partial charge in [-0.15, -0.1) is 0 Å². The number of benzene rings is 1. The number of aliphatic hydroxyl groups excluding tert-OH is 1. The maximum Gasteiger partial charge on any atom is 0.112 e. The Morgan fingerprint density at radius 3 is 2.84 bits per heavy atom. The Morgan fingerprint density at radius 2 is 2.11 bits per heavy atom. The standard InChI is InChI=1S/C15H22N2O2/c1-3-9-19-11-12(18)10-15-16-13-7-5-6-8-14(13)17(15)4-2/h5-8,12,18H,3-4,9-11H2,1-2H3. The van der Waals surface area contributed by atoms with Gasteiger partial charge in [0.15, 0.2) is 0 Å². The highest BCUT2D eigenvalue weighted by Gasteiger charge is 2.13. The molecule has 0 aliphatic carbocycles. The van der Waals surface area contributed by atoms with E-state index in [1.165, 1.54) is 0 Å². The largest absolute Gasteiger partial charge is 0.390 e. The van der Waals surface area contributed by atoms with Crippen molar-refractivity contribution in [2.75, 3.05) is 13.2 Å². The van der Waals surface area contributed by atoms with Gasteiger partial charge in [-0.1, -0.05) is 19.1 Å². The van der Waals surface area contributed by atoms with Crippen molar-refractivity contribution < 1.29 is 9.84 Å². The van der Waals surface area contributed by atoms with E-state index in [0.717, 1.165) is 29.8 Å². The Labute approximate surface area is 114 Å². The second-order valence-corrected chi connectivity index (χ2v) is 4.69. The Morgan fingerprint density at radius 1 is 1.32 bits per heavy atom. The fourth-order valence-corrected chi connectivity index (χ4v) is 2.27. The molecule has 0 saturated carbocycles. The number of aliphatic hydroxyl groups is 1. The van der Waals surface area contributed by atoms with Crippen LogP contribution in [0.3, 0.4) is 0 Å². The van der Waals surface area contributed by atoms with Crippen LogP contribution in [0, 0.1) is 0 Å². The van der Waals surface area contributed by atoms with E-state index in [2.05, 4.69) is 29.5 Å². The van der Waals surface area contributed by atoms with E-state index in [9.17, 15) is 5.11 Å². The molecular formula is C15H22N2O2. The van der Waals surface area contributed by atoms with Gasteiger partial charge in [-0.2, -0.15) is 0 Å². The van der Waals surface area contributed by atoms with Crippen molar-refractivity contribution in [1.29, 1.82) is 0 Å². The van der Waals surface area contributed by atoms with Crippen molar-refractivity contribution in [3.05, 3.63) is 30.1 Å². The van der Waals surface area contributed by atoms with E-state index < -0.39 is 6.10 Å². The zero-order chi connectivity index (χ0) is 13.7. The monoisotopic (exact) mass is 262 g/mol. The maximum absolute atomic E-state index is 10.00. The summed E-state index contributed by atoms with van der Waals surface area (Å²) < 4.78 is 7.53. The van der Waals surface area contributed by atoms with Crippen LogP contribution in [0.1, 0.15) is 26.1 Å². The number of para-hydroxylation sites is 2. The molecule has 1 aromatic heterocycles. The third-order valence-corrected chi connectivity index (χ3v) is 3.13. The minimum atomic E-state index is -0.492. The number of hydrogen-bond donors (Lipinski definition) is 1. The number of rotatable bonds is 7. The van der Waals surface area contributed by atoms with E-state index >= 15 is 0 Å². The summed E-state index contributed by atoms with van der Waals surface area (Å²) >= 11 is 0. The first-order chi connectivity index (χ1) is 9.26. The molecule has 1 heterocycles. The first kappa shape index (κ1) is 14.0. The lowest BCUT2D eigenvalue weighted by Crippen LogP contribution is -2.20. The highest BCUT2D eigenvalue weighted by molar-refractivity contribution is 5.75. The lowest BCUT2D eigenvalue weighted by molar-refractivity contribution is 0.0361. The second kappa shape index (κ2) is 6.68. The molecule has 104 valence electrons. The Hall–Kier alpha value is -1.39. The lowest BCUT2D eigenvalue weighted by atomic mass is 10.2. The summed E-state index contributed by atoms with van der Waals surface area (Å²) in [5.41, 5.74) is 2.11. The number of imidazole rings is 1. The third-order valence-electron chi connectivity index (χ3n) is 3.13. The zero-order valence-corrected chi connectivity index (χ0v) is 11.7. The zero-order valence-electron chi connectivity index (χ0n) is 11.7. The second-order valence-electron chi connectivity index (χ2n) is 4.69. The smallest absolute Gasteiger partial charge is 0.112 e. The normalized spacial score (nSPS) is 13.0. The summed E-state index contributed by atoms with van der Waals surface area (Å²) in [6.45, 7) is 6.08. The molecule has 0 radical (unpaired) electrons. The average molecular weight is 262 g/mol. The highest BCUT2D eigenvalue weighted by Crippen LogP contribution is 2.17. The van der Waals surface area contributed by atoms with Crippen LogP contribution in [-0.2, 0) is 17.7 Å². The van der Waals surface area contributed by atoms with E-state index in [1.54, 1.807) is 0 Å². The van der Waals surface area contributed by atoms with Gasteiger partial charge in [0.05, 0.1) is 23.7 Å². The Bertz CT molecular complexity index is 522. The molecule has 0 aliphatic heterocycles. The predicted octanol–water partition coefficient (Wildman–Crippen LogP) is 2.39. The lowest BCUT2D eigenvalue weighted by Gasteiger charge is -2.12. The minimum Gasteiger partial charge on any atom is -0.390 e. The first-order valence-electron chi connectivity index (χ1n) is 6.96. The molecule has 1 aromatic carbocycles. The Balaban J connectivity index is 2.11. The quantitative estimate of drug-likeness (QED) is 0.779. The molecular weight excluding hydrogens is 240 g/mol. The first-order valence-corrected chi connectivity index (χ1v) is 6.96. The van der Waals surface area contributed by atoms with E-state index in [4.69, 9.17) is 4.74 Å². The number of fused-ring (bicyclic) bond motifs is 1. The summed E-state index contributed by atoms with van der Waals surface area (Å²) in [5.74, 6) is 0.927. The van der Waals surface area contributed by atoms with Crippen LogP contribution in [-0.4, -0.2) is 34.0 Å². The van der Waals surface area contributed by atoms with Gasteiger partial charge >= 0.3 is 0 Å². The van der Waals surface area contributed by atoms with Gasteiger partial charge in [0.2, 0.25) is 0 Å². The molecule has 0 amide bonds. The number of hydrogen-bond acceptors (Lipinski definition) is 3. The van der Waals surface area contributed by atoms with Crippen molar-refractivity contribution in [2.24, 2.45) is 0 Å². The molecule has 0 spiro atoms. The topological polar surface area (TPSA) is 47.3 Å². The fourth-order valence-electron chi connectivity index (χ4n) is 2.27. The highest BCUT2D eigenvalue weighted by atomic mass is 16.5. The van der Waals surface area contributed by atoms with Gasteiger partial charge in [-0.25, -0.2) is 4.98 Å². The van der Waals surface area contributed by atoms with Crippen molar-refractivity contribution in [2.45, 2.75) is 39.3 Å². The molecule has 0 saturated heterocycles. The molecule has 0 aliphatic rings. The molecule has 4 heteroatoms. The van der Waals surface area contributed by atoms with Gasteiger partial charge in [-0.3, -0.25) is 0 Å². The molecule has 1 unspecified atom stereocenters. The molecule has 2 rings (SSSR count). The predicted molar refractivity (Wildman–Crippen MR) is 76.2 cm³/mol. The van der Waals surface area contributed by atoms with Crippen molar-refractivity contribution in [1.82, 2.24) is 9.55 Å². The van der Waals surface area contributed by atoms with Crippen LogP contribution in [0.2, 0.25) is 0 Å². The summed E-state index contributed by atoms with van der Waals surface area (Å²) in [6.07, 6.45) is 1.01. The van der Waals surface area contributed by atoms with Crippen LogP contribution in [0.15, 0.2) is 24.3 Å². The molecule has 4 nitrogen and oxygen atoms in total. The van der Waals surface area contributed by atoms with Gasteiger partial charge in [0, 0.05) is 19.6 Å². The molecule has 19 heavy (non-hydrogen) atoms. The van der Waals surface area contributed by atoms with Crippen LogP contribution < -0.4 is 0 Å². The number of aryl methyl sites for hydroxylation is 1.